The van der Waals surface area contributed by atoms with Gasteiger partial charge < -0.3 is 5.32 Å². The highest BCUT2D eigenvalue weighted by Gasteiger charge is 2.11. The molecule has 2 rings (SSSR count). The zero-order valence-corrected chi connectivity index (χ0v) is 8.26. The van der Waals surface area contributed by atoms with Gasteiger partial charge in [-0.15, -0.1) is 0 Å². The van der Waals surface area contributed by atoms with Crippen molar-refractivity contribution in [3.8, 4) is 0 Å². The number of halogens is 1. The fourth-order valence-corrected chi connectivity index (χ4v) is 1.79. The van der Waals surface area contributed by atoms with Crippen LogP contribution in [0.4, 0.5) is 4.39 Å². The van der Waals surface area contributed by atoms with Gasteiger partial charge in [-0.3, -0.25) is 0 Å². The maximum Gasteiger partial charge on any atom is 0.123 e. The van der Waals surface area contributed by atoms with Crippen LogP contribution >= 0.6 is 0 Å². The Balaban J connectivity index is 2.26. The Kier molecular flexibility index (Phi) is 2.64. The Bertz CT molecular complexity index is 357. The maximum atomic E-state index is 13.0. The van der Waals surface area contributed by atoms with Crippen molar-refractivity contribution in [2.75, 3.05) is 6.54 Å². The van der Waals surface area contributed by atoms with Crippen molar-refractivity contribution in [3.05, 3.63) is 41.7 Å². The highest BCUT2D eigenvalue weighted by atomic mass is 19.1. The van der Waals surface area contributed by atoms with Gasteiger partial charge in [0.1, 0.15) is 5.82 Å². The second-order valence-corrected chi connectivity index (χ2v) is 3.75. The van der Waals surface area contributed by atoms with Gasteiger partial charge in [0, 0.05) is 12.6 Å². The van der Waals surface area contributed by atoms with E-state index in [1.165, 1.54) is 11.6 Å². The Hall–Kier alpha value is -1.15. The largest absolute Gasteiger partial charge is 0.310 e. The first-order chi connectivity index (χ1) is 6.75. The minimum Gasteiger partial charge on any atom is -0.310 e. The Morgan fingerprint density at radius 3 is 3.00 bits per heavy atom. The van der Waals surface area contributed by atoms with Crippen LogP contribution < -0.4 is 5.32 Å². The van der Waals surface area contributed by atoms with E-state index in [-0.39, 0.29) is 5.82 Å². The first kappa shape index (κ1) is 9.41. The van der Waals surface area contributed by atoms with E-state index in [0.717, 1.165) is 18.5 Å². The van der Waals surface area contributed by atoms with Crippen molar-refractivity contribution in [2.24, 2.45) is 0 Å². The third kappa shape index (κ3) is 2.02. The normalized spacial score (nSPS) is 21.9. The first-order valence-electron chi connectivity index (χ1n) is 4.94. The summed E-state index contributed by atoms with van der Waals surface area (Å²) in [6, 6.07) is 7.29. The molecule has 0 saturated heterocycles. The molecule has 1 aromatic carbocycles. The van der Waals surface area contributed by atoms with Crippen molar-refractivity contribution in [1.29, 1.82) is 0 Å². The molecular formula is C12H14FN. The number of nitrogens with one attached hydrogen (secondary N) is 1. The minimum atomic E-state index is -0.158. The van der Waals surface area contributed by atoms with Crippen LogP contribution in [-0.4, -0.2) is 12.6 Å². The quantitative estimate of drug-likeness (QED) is 0.719. The van der Waals surface area contributed by atoms with Gasteiger partial charge >= 0.3 is 0 Å². The van der Waals surface area contributed by atoms with Crippen LogP contribution in [0.1, 0.15) is 18.9 Å². The summed E-state index contributed by atoms with van der Waals surface area (Å²) in [5, 5.41) is 3.33. The van der Waals surface area contributed by atoms with E-state index in [1.807, 2.05) is 6.07 Å². The van der Waals surface area contributed by atoms with Crippen LogP contribution in [0.5, 0.6) is 0 Å². The topological polar surface area (TPSA) is 12.0 Å². The Morgan fingerprint density at radius 1 is 1.43 bits per heavy atom. The summed E-state index contributed by atoms with van der Waals surface area (Å²) < 4.78 is 13.0. The number of hydrogen-bond acceptors (Lipinski definition) is 1. The molecule has 0 saturated carbocycles. The molecular weight excluding hydrogens is 177 g/mol. The molecule has 0 aliphatic carbocycles. The molecule has 1 N–H and O–H groups in total. The molecule has 1 heterocycles. The Labute approximate surface area is 83.6 Å². The van der Waals surface area contributed by atoms with Gasteiger partial charge in [-0.25, -0.2) is 4.39 Å². The Morgan fingerprint density at radius 2 is 2.29 bits per heavy atom. The lowest BCUT2D eigenvalue weighted by molar-refractivity contribution is 0.578. The van der Waals surface area contributed by atoms with E-state index in [2.05, 4.69) is 18.3 Å². The lowest BCUT2D eigenvalue weighted by atomic mass is 9.96. The smallest absolute Gasteiger partial charge is 0.123 e. The molecule has 1 nitrogen and oxygen atoms in total. The van der Waals surface area contributed by atoms with Crippen LogP contribution in [0.3, 0.4) is 0 Å². The number of hydrogen-bond donors (Lipinski definition) is 1. The highest BCUT2D eigenvalue weighted by molar-refractivity contribution is 5.66. The van der Waals surface area contributed by atoms with Crippen molar-refractivity contribution in [2.45, 2.75) is 19.4 Å². The van der Waals surface area contributed by atoms with Crippen LogP contribution in [0.25, 0.3) is 5.57 Å². The lowest BCUT2D eigenvalue weighted by Gasteiger charge is -2.20. The van der Waals surface area contributed by atoms with Gasteiger partial charge in [0.25, 0.3) is 0 Å². The monoisotopic (exact) mass is 191 g/mol. The third-order valence-electron chi connectivity index (χ3n) is 2.54. The molecule has 0 radical (unpaired) electrons. The molecule has 1 aliphatic rings. The van der Waals surface area contributed by atoms with Crippen molar-refractivity contribution < 1.29 is 4.39 Å². The van der Waals surface area contributed by atoms with E-state index in [9.17, 15) is 4.39 Å². The fraction of sp³-hybridized carbons (Fsp3) is 0.333. The van der Waals surface area contributed by atoms with Crippen LogP contribution in [0, 0.1) is 5.82 Å². The van der Waals surface area contributed by atoms with Gasteiger partial charge in [0.2, 0.25) is 0 Å². The average molecular weight is 191 g/mol. The molecule has 0 aromatic heterocycles. The zero-order valence-electron chi connectivity index (χ0n) is 8.26. The minimum absolute atomic E-state index is 0.158. The molecule has 0 amide bonds. The molecule has 14 heavy (non-hydrogen) atoms. The van der Waals surface area contributed by atoms with E-state index in [0.29, 0.717) is 6.04 Å². The van der Waals surface area contributed by atoms with Crippen LogP contribution in [-0.2, 0) is 0 Å². The predicted octanol–water partition coefficient (Wildman–Crippen LogP) is 2.59. The van der Waals surface area contributed by atoms with E-state index < -0.39 is 0 Å². The van der Waals surface area contributed by atoms with Gasteiger partial charge in [0.05, 0.1) is 0 Å². The summed E-state index contributed by atoms with van der Waals surface area (Å²) in [7, 11) is 0. The van der Waals surface area contributed by atoms with Gasteiger partial charge in [-0.1, -0.05) is 18.2 Å². The lowest BCUT2D eigenvalue weighted by Crippen LogP contribution is -2.29. The zero-order chi connectivity index (χ0) is 9.97. The summed E-state index contributed by atoms with van der Waals surface area (Å²) in [6.45, 7) is 3.03. The standard InChI is InChI=1S/C12H14FN/c1-9-7-11(5-6-14-9)10-3-2-4-12(13)8-10/h2-5,8-9,14H,6-7H2,1H3. The predicted molar refractivity (Wildman–Crippen MR) is 56.5 cm³/mol. The summed E-state index contributed by atoms with van der Waals surface area (Å²) in [6.07, 6.45) is 3.11. The summed E-state index contributed by atoms with van der Waals surface area (Å²) in [5.74, 6) is -0.158. The molecule has 0 bridgehead atoms. The molecule has 1 aromatic rings. The highest BCUT2D eigenvalue weighted by Crippen LogP contribution is 2.22. The summed E-state index contributed by atoms with van der Waals surface area (Å²) in [5.41, 5.74) is 2.26. The van der Waals surface area contributed by atoms with Crippen LogP contribution in [0.2, 0.25) is 0 Å². The summed E-state index contributed by atoms with van der Waals surface area (Å²) in [4.78, 5) is 0. The maximum absolute atomic E-state index is 13.0. The number of rotatable bonds is 1. The molecule has 0 spiro atoms. The summed E-state index contributed by atoms with van der Waals surface area (Å²) >= 11 is 0. The van der Waals surface area contributed by atoms with Crippen molar-refractivity contribution in [1.82, 2.24) is 5.32 Å². The average Bonchev–Trinajstić information content (AvgIpc) is 2.18. The third-order valence-corrected chi connectivity index (χ3v) is 2.54. The van der Waals surface area contributed by atoms with Gasteiger partial charge in [-0.2, -0.15) is 0 Å². The van der Waals surface area contributed by atoms with Crippen molar-refractivity contribution in [3.63, 3.8) is 0 Å². The second kappa shape index (κ2) is 3.93. The molecule has 2 heteroatoms. The fourth-order valence-electron chi connectivity index (χ4n) is 1.79. The van der Waals surface area contributed by atoms with E-state index in [1.54, 1.807) is 12.1 Å². The molecule has 1 atom stereocenters. The van der Waals surface area contributed by atoms with Gasteiger partial charge in [-0.05, 0) is 36.6 Å². The molecule has 1 unspecified atom stereocenters. The first-order valence-corrected chi connectivity index (χ1v) is 4.94. The van der Waals surface area contributed by atoms with Gasteiger partial charge in [0.15, 0.2) is 0 Å². The molecule has 74 valence electrons. The van der Waals surface area contributed by atoms with Crippen molar-refractivity contribution >= 4 is 5.57 Å². The molecule has 1 aliphatic heterocycles. The number of benzene rings is 1. The van der Waals surface area contributed by atoms with E-state index >= 15 is 0 Å². The second-order valence-electron chi connectivity index (χ2n) is 3.75. The van der Waals surface area contributed by atoms with E-state index in [4.69, 9.17) is 0 Å². The molecule has 0 fully saturated rings. The SMILES string of the molecule is CC1CC(c2cccc(F)c2)=CCN1. The van der Waals surface area contributed by atoms with Crippen LogP contribution in [0.15, 0.2) is 30.3 Å².